The molecule has 1 saturated carbocycles. The van der Waals surface area contributed by atoms with Gasteiger partial charge in [0.1, 0.15) is 11.3 Å². The average Bonchev–Trinajstić information content (AvgIpc) is 2.73. The van der Waals surface area contributed by atoms with E-state index < -0.39 is 23.5 Å². The summed E-state index contributed by atoms with van der Waals surface area (Å²) in [6.45, 7) is 1.53. The van der Waals surface area contributed by atoms with Crippen LogP contribution in [0.2, 0.25) is 0 Å². The third kappa shape index (κ3) is 4.86. The zero-order valence-corrected chi connectivity index (χ0v) is 16.5. The predicted octanol–water partition coefficient (Wildman–Crippen LogP) is 2.08. The summed E-state index contributed by atoms with van der Waals surface area (Å²) in [6.07, 6.45) is 2.97. The van der Waals surface area contributed by atoms with Crippen LogP contribution in [0.4, 0.5) is 5.69 Å². The molecule has 3 rings (SSSR count). The molecule has 0 spiro atoms. The summed E-state index contributed by atoms with van der Waals surface area (Å²) in [5.74, 6) is -0.716. The zero-order valence-electron chi connectivity index (χ0n) is 16.5. The molecule has 0 aromatic heterocycles. The van der Waals surface area contributed by atoms with Crippen LogP contribution in [0.25, 0.3) is 0 Å². The van der Waals surface area contributed by atoms with Gasteiger partial charge in [0.25, 0.3) is 11.8 Å². The number of fused-ring (bicyclic) bond motifs is 1. The number of nitrogens with one attached hydrogen (secondary N) is 1. The van der Waals surface area contributed by atoms with Crippen LogP contribution in [0.15, 0.2) is 24.3 Å². The van der Waals surface area contributed by atoms with Gasteiger partial charge in [0, 0.05) is 6.54 Å². The minimum Gasteiger partial charge on any atom is -0.482 e. The van der Waals surface area contributed by atoms with Gasteiger partial charge in [0.15, 0.2) is 12.7 Å². The first-order valence-corrected chi connectivity index (χ1v) is 9.89. The molecule has 8 heteroatoms. The number of para-hydroxylation sites is 2. The number of ether oxygens (including phenoxy) is 2. The number of carbonyl (C=O) groups excluding carboxylic acids is 3. The van der Waals surface area contributed by atoms with Crippen molar-refractivity contribution >= 4 is 23.5 Å². The van der Waals surface area contributed by atoms with Crippen molar-refractivity contribution in [2.45, 2.75) is 57.1 Å². The van der Waals surface area contributed by atoms with Crippen LogP contribution >= 0.6 is 0 Å². The summed E-state index contributed by atoms with van der Waals surface area (Å²) in [5.41, 5.74) is -0.268. The lowest BCUT2D eigenvalue weighted by Crippen LogP contribution is -2.52. The van der Waals surface area contributed by atoms with E-state index in [2.05, 4.69) is 11.4 Å². The molecule has 8 nitrogen and oxygen atoms in total. The number of anilines is 1. The number of hydrogen-bond acceptors (Lipinski definition) is 6. The maximum Gasteiger partial charge on any atom is 0.308 e. The minimum atomic E-state index is -1.01. The van der Waals surface area contributed by atoms with Gasteiger partial charge in [-0.3, -0.25) is 14.4 Å². The normalized spacial score (nSPS) is 18.6. The van der Waals surface area contributed by atoms with E-state index in [4.69, 9.17) is 9.47 Å². The molecule has 1 N–H and O–H groups in total. The van der Waals surface area contributed by atoms with Crippen molar-refractivity contribution in [1.29, 1.82) is 5.26 Å². The van der Waals surface area contributed by atoms with E-state index in [9.17, 15) is 19.6 Å². The second-order valence-electron chi connectivity index (χ2n) is 7.43. The lowest BCUT2D eigenvalue weighted by molar-refractivity contribution is -0.155. The van der Waals surface area contributed by atoms with Crippen LogP contribution in [-0.4, -0.2) is 42.6 Å². The molecule has 1 aliphatic carbocycles. The number of amides is 2. The molecular formula is C21H25N3O5. The van der Waals surface area contributed by atoms with Crippen LogP contribution in [0.1, 0.15) is 45.4 Å². The highest BCUT2D eigenvalue weighted by molar-refractivity contribution is 5.98. The lowest BCUT2D eigenvalue weighted by Gasteiger charge is -2.32. The number of benzene rings is 1. The van der Waals surface area contributed by atoms with E-state index in [0.717, 1.165) is 19.3 Å². The Balaban J connectivity index is 1.52. The molecule has 29 heavy (non-hydrogen) atoms. The maximum atomic E-state index is 12.4. The van der Waals surface area contributed by atoms with Gasteiger partial charge >= 0.3 is 5.97 Å². The predicted molar refractivity (Wildman–Crippen MR) is 104 cm³/mol. The summed E-state index contributed by atoms with van der Waals surface area (Å²) in [4.78, 5) is 38.3. The second kappa shape index (κ2) is 8.95. The highest BCUT2D eigenvalue weighted by atomic mass is 16.5. The van der Waals surface area contributed by atoms with E-state index in [0.29, 0.717) is 24.3 Å². The van der Waals surface area contributed by atoms with Crippen molar-refractivity contribution in [3.05, 3.63) is 24.3 Å². The first-order valence-electron chi connectivity index (χ1n) is 9.89. The molecular weight excluding hydrogens is 374 g/mol. The van der Waals surface area contributed by atoms with Gasteiger partial charge in [0.05, 0.1) is 18.2 Å². The van der Waals surface area contributed by atoms with Crippen molar-refractivity contribution < 1.29 is 23.9 Å². The third-order valence-electron chi connectivity index (χ3n) is 5.31. The standard InChI is InChI=1S/C21H25N3O5/c1-15(20(27)23-21(14-22)10-5-2-6-11-21)29-19(26)9-12-24-16-7-3-4-8-17(16)28-13-18(24)25/h3-4,7-8,15H,2,5-6,9-13H2,1H3,(H,23,27). The maximum absolute atomic E-state index is 12.4. The third-order valence-corrected chi connectivity index (χ3v) is 5.31. The van der Waals surface area contributed by atoms with E-state index in [1.54, 1.807) is 18.2 Å². The number of nitrogens with zero attached hydrogens (tertiary/aromatic N) is 2. The average molecular weight is 399 g/mol. The summed E-state index contributed by atoms with van der Waals surface area (Å²) in [5, 5.41) is 12.2. The van der Waals surface area contributed by atoms with Crippen LogP contribution in [0.3, 0.4) is 0 Å². The van der Waals surface area contributed by atoms with Gasteiger partial charge in [-0.25, -0.2) is 0 Å². The second-order valence-corrected chi connectivity index (χ2v) is 7.43. The van der Waals surface area contributed by atoms with Gasteiger partial charge in [-0.15, -0.1) is 0 Å². The number of hydrogen-bond donors (Lipinski definition) is 1. The van der Waals surface area contributed by atoms with E-state index in [1.165, 1.54) is 11.8 Å². The fourth-order valence-corrected chi connectivity index (χ4v) is 3.67. The topological polar surface area (TPSA) is 109 Å². The summed E-state index contributed by atoms with van der Waals surface area (Å²) >= 11 is 0. The number of esters is 1. The Hall–Kier alpha value is -3.08. The van der Waals surface area contributed by atoms with Gasteiger partial charge in [-0.05, 0) is 31.9 Å². The molecule has 1 atom stereocenters. The monoisotopic (exact) mass is 399 g/mol. The molecule has 1 unspecified atom stereocenters. The fraction of sp³-hybridized carbons (Fsp3) is 0.524. The zero-order chi connectivity index (χ0) is 20.9. The van der Waals surface area contributed by atoms with Crippen LogP contribution in [0.5, 0.6) is 5.75 Å². The van der Waals surface area contributed by atoms with Crippen LogP contribution in [-0.2, 0) is 19.1 Å². The molecule has 0 saturated heterocycles. The Morgan fingerprint density at radius 3 is 2.76 bits per heavy atom. The van der Waals surface area contributed by atoms with Crippen molar-refractivity contribution in [2.24, 2.45) is 0 Å². The smallest absolute Gasteiger partial charge is 0.308 e. The highest BCUT2D eigenvalue weighted by Gasteiger charge is 2.35. The minimum absolute atomic E-state index is 0.0545. The van der Waals surface area contributed by atoms with E-state index in [-0.39, 0.29) is 25.5 Å². The number of nitriles is 1. The molecule has 1 aromatic carbocycles. The molecule has 1 heterocycles. The molecule has 1 aliphatic heterocycles. The van der Waals surface area contributed by atoms with Crippen molar-refractivity contribution in [3.63, 3.8) is 0 Å². The number of rotatable bonds is 6. The molecule has 2 amide bonds. The summed E-state index contributed by atoms with van der Waals surface area (Å²) < 4.78 is 10.6. The van der Waals surface area contributed by atoms with Crippen LogP contribution < -0.4 is 15.0 Å². The summed E-state index contributed by atoms with van der Waals surface area (Å²) in [6, 6.07) is 9.31. The van der Waals surface area contributed by atoms with Gasteiger partial charge < -0.3 is 19.7 Å². The molecule has 1 aromatic rings. The van der Waals surface area contributed by atoms with Gasteiger partial charge in [0.2, 0.25) is 0 Å². The molecule has 1 fully saturated rings. The number of carbonyl (C=O) groups is 3. The first-order chi connectivity index (χ1) is 13.9. The van der Waals surface area contributed by atoms with Crippen molar-refractivity contribution in [1.82, 2.24) is 5.32 Å². The largest absolute Gasteiger partial charge is 0.482 e. The molecule has 154 valence electrons. The molecule has 2 aliphatic rings. The van der Waals surface area contributed by atoms with Gasteiger partial charge in [-0.1, -0.05) is 31.4 Å². The van der Waals surface area contributed by atoms with Gasteiger partial charge in [-0.2, -0.15) is 5.26 Å². The van der Waals surface area contributed by atoms with E-state index in [1.807, 2.05) is 6.07 Å². The Labute approximate surface area is 169 Å². The van der Waals surface area contributed by atoms with E-state index >= 15 is 0 Å². The van der Waals surface area contributed by atoms with Crippen LogP contribution in [0, 0.1) is 11.3 Å². The fourth-order valence-electron chi connectivity index (χ4n) is 3.67. The van der Waals surface area contributed by atoms with Crippen molar-refractivity contribution in [2.75, 3.05) is 18.1 Å². The first kappa shape index (κ1) is 20.6. The summed E-state index contributed by atoms with van der Waals surface area (Å²) in [7, 11) is 0. The Morgan fingerprint density at radius 2 is 2.03 bits per heavy atom. The lowest BCUT2D eigenvalue weighted by atomic mass is 9.83. The quantitative estimate of drug-likeness (QED) is 0.734. The van der Waals surface area contributed by atoms with Crippen molar-refractivity contribution in [3.8, 4) is 11.8 Å². The highest BCUT2D eigenvalue weighted by Crippen LogP contribution is 2.31. The molecule has 0 bridgehead atoms. The Morgan fingerprint density at radius 1 is 1.31 bits per heavy atom. The molecule has 0 radical (unpaired) electrons. The SMILES string of the molecule is CC(OC(=O)CCN1C(=O)COc2ccccc21)C(=O)NC1(C#N)CCCCC1. The Kier molecular flexibility index (Phi) is 6.37. The Bertz CT molecular complexity index is 826.